The molecule has 1 aliphatic rings. The Morgan fingerprint density at radius 1 is 1.17 bits per heavy atom. The van der Waals surface area contributed by atoms with Gasteiger partial charge in [0.15, 0.2) is 0 Å². The number of hydrogen-bond acceptors (Lipinski definition) is 2. The van der Waals surface area contributed by atoms with E-state index < -0.39 is 23.1 Å². The van der Waals surface area contributed by atoms with Crippen molar-refractivity contribution < 1.29 is 22.8 Å². The Hall–Kier alpha value is -1.76. The van der Waals surface area contributed by atoms with Crippen LogP contribution >= 0.6 is 11.6 Å². The highest BCUT2D eigenvalue weighted by atomic mass is 35.5. The second kappa shape index (κ2) is 6.63. The molecular formula is C16H18ClF3N2O2. The van der Waals surface area contributed by atoms with Crippen molar-refractivity contribution >= 4 is 29.1 Å². The molecule has 1 aliphatic heterocycles. The van der Waals surface area contributed by atoms with Gasteiger partial charge in [-0.1, -0.05) is 11.6 Å². The number of carbonyl (C=O) groups is 2. The first-order valence-corrected chi connectivity index (χ1v) is 7.89. The van der Waals surface area contributed by atoms with Gasteiger partial charge in [0.05, 0.1) is 16.3 Å². The highest BCUT2D eigenvalue weighted by molar-refractivity contribution is 6.34. The molecule has 1 fully saturated rings. The molecule has 24 heavy (non-hydrogen) atoms. The van der Waals surface area contributed by atoms with Gasteiger partial charge in [0.2, 0.25) is 11.8 Å². The summed E-state index contributed by atoms with van der Waals surface area (Å²) in [5, 5.41) is 2.32. The van der Waals surface area contributed by atoms with Crippen LogP contribution in [0.15, 0.2) is 18.2 Å². The second-order valence-corrected chi connectivity index (χ2v) is 6.68. The zero-order chi connectivity index (χ0) is 18.1. The standard InChI is InChI=1S/C16H18ClF3N2O2/c1-15(2,14(24)22-7-3-4-8-22)13(23)21-12-9-10(16(18,19)20)5-6-11(12)17/h5-6,9H,3-4,7-8H2,1-2H3,(H,21,23). The van der Waals surface area contributed by atoms with Gasteiger partial charge in [0.25, 0.3) is 0 Å². The summed E-state index contributed by atoms with van der Waals surface area (Å²) in [5.74, 6) is -1.04. The Morgan fingerprint density at radius 2 is 1.75 bits per heavy atom. The first kappa shape index (κ1) is 18.6. The lowest BCUT2D eigenvalue weighted by molar-refractivity contribution is -0.145. The fraction of sp³-hybridized carbons (Fsp3) is 0.500. The Balaban J connectivity index is 2.20. The largest absolute Gasteiger partial charge is 0.416 e. The van der Waals surface area contributed by atoms with Crippen molar-refractivity contribution in [1.29, 1.82) is 0 Å². The van der Waals surface area contributed by atoms with Crippen LogP contribution in [-0.4, -0.2) is 29.8 Å². The van der Waals surface area contributed by atoms with Gasteiger partial charge in [-0.2, -0.15) is 13.2 Å². The van der Waals surface area contributed by atoms with Crippen molar-refractivity contribution in [1.82, 2.24) is 4.90 Å². The smallest absolute Gasteiger partial charge is 0.342 e. The van der Waals surface area contributed by atoms with E-state index in [0.717, 1.165) is 31.0 Å². The molecule has 2 rings (SSSR count). The summed E-state index contributed by atoms with van der Waals surface area (Å²) in [7, 11) is 0. The first-order chi connectivity index (χ1) is 11.0. The molecule has 8 heteroatoms. The summed E-state index contributed by atoms with van der Waals surface area (Å²) >= 11 is 5.87. The molecule has 1 heterocycles. The average Bonchev–Trinajstić information content (AvgIpc) is 3.01. The average molecular weight is 363 g/mol. The molecule has 2 amide bonds. The predicted molar refractivity (Wildman–Crippen MR) is 84.7 cm³/mol. The van der Waals surface area contributed by atoms with E-state index >= 15 is 0 Å². The van der Waals surface area contributed by atoms with Crippen LogP contribution in [0, 0.1) is 5.41 Å². The minimum Gasteiger partial charge on any atom is -0.342 e. The highest BCUT2D eigenvalue weighted by Crippen LogP contribution is 2.34. The molecule has 1 aromatic rings. The molecule has 0 saturated carbocycles. The number of likely N-dealkylation sites (tertiary alicyclic amines) is 1. The van der Waals surface area contributed by atoms with Gasteiger partial charge < -0.3 is 10.2 Å². The van der Waals surface area contributed by atoms with Crippen molar-refractivity contribution in [3.63, 3.8) is 0 Å². The van der Waals surface area contributed by atoms with Gasteiger partial charge in [0.1, 0.15) is 5.41 Å². The van der Waals surface area contributed by atoms with Crippen LogP contribution in [-0.2, 0) is 15.8 Å². The maximum absolute atomic E-state index is 12.8. The number of halogens is 4. The number of amides is 2. The van der Waals surface area contributed by atoms with Gasteiger partial charge in [-0.3, -0.25) is 9.59 Å². The summed E-state index contributed by atoms with van der Waals surface area (Å²) in [4.78, 5) is 26.5. The molecule has 1 saturated heterocycles. The Morgan fingerprint density at radius 3 is 2.29 bits per heavy atom. The number of nitrogens with one attached hydrogen (secondary N) is 1. The third-order valence-corrected chi connectivity index (χ3v) is 4.37. The van der Waals surface area contributed by atoms with Crippen LogP contribution in [0.2, 0.25) is 5.02 Å². The number of alkyl halides is 3. The van der Waals surface area contributed by atoms with Crippen molar-refractivity contribution in [2.45, 2.75) is 32.9 Å². The molecule has 0 aliphatic carbocycles. The summed E-state index contributed by atoms with van der Waals surface area (Å²) in [6, 6.07) is 2.66. The van der Waals surface area contributed by atoms with Crippen molar-refractivity contribution in [3.8, 4) is 0 Å². The Bertz CT molecular complexity index is 653. The normalized spacial score (nSPS) is 15.5. The fourth-order valence-electron chi connectivity index (χ4n) is 2.49. The molecule has 0 aromatic heterocycles. The zero-order valence-electron chi connectivity index (χ0n) is 13.3. The first-order valence-electron chi connectivity index (χ1n) is 7.51. The summed E-state index contributed by atoms with van der Waals surface area (Å²) in [6.45, 7) is 4.06. The van der Waals surface area contributed by atoms with Crippen LogP contribution in [0.3, 0.4) is 0 Å². The summed E-state index contributed by atoms with van der Waals surface area (Å²) in [5.41, 5.74) is -2.49. The molecule has 4 nitrogen and oxygen atoms in total. The van der Waals surface area contributed by atoms with E-state index in [1.54, 1.807) is 4.90 Å². The van der Waals surface area contributed by atoms with Crippen LogP contribution < -0.4 is 5.32 Å². The van der Waals surface area contributed by atoms with E-state index in [2.05, 4.69) is 5.32 Å². The Labute approximate surface area is 143 Å². The van der Waals surface area contributed by atoms with Crippen LogP contribution in [0.1, 0.15) is 32.3 Å². The second-order valence-electron chi connectivity index (χ2n) is 6.27. The van der Waals surface area contributed by atoms with E-state index in [-0.39, 0.29) is 16.6 Å². The molecule has 1 N–H and O–H groups in total. The van der Waals surface area contributed by atoms with E-state index in [0.29, 0.717) is 13.1 Å². The van der Waals surface area contributed by atoms with E-state index in [1.165, 1.54) is 13.8 Å². The minimum absolute atomic E-state index is 0.0271. The summed E-state index contributed by atoms with van der Waals surface area (Å²) < 4.78 is 38.4. The van der Waals surface area contributed by atoms with Gasteiger partial charge in [0, 0.05) is 13.1 Å². The van der Waals surface area contributed by atoms with Crippen molar-refractivity contribution in [2.24, 2.45) is 5.41 Å². The van der Waals surface area contributed by atoms with Crippen LogP contribution in [0.4, 0.5) is 18.9 Å². The highest BCUT2D eigenvalue weighted by Gasteiger charge is 2.40. The van der Waals surface area contributed by atoms with Gasteiger partial charge in [-0.25, -0.2) is 0 Å². The monoisotopic (exact) mass is 362 g/mol. The maximum Gasteiger partial charge on any atom is 0.416 e. The fourth-order valence-corrected chi connectivity index (χ4v) is 2.65. The van der Waals surface area contributed by atoms with E-state index in [1.807, 2.05) is 0 Å². The van der Waals surface area contributed by atoms with Gasteiger partial charge >= 0.3 is 6.18 Å². The summed E-state index contributed by atoms with van der Waals surface area (Å²) in [6.07, 6.45) is -2.79. The van der Waals surface area contributed by atoms with E-state index in [4.69, 9.17) is 11.6 Å². The lowest BCUT2D eigenvalue weighted by Gasteiger charge is -2.28. The SMILES string of the molecule is CC(C)(C(=O)Nc1cc(C(F)(F)F)ccc1Cl)C(=O)N1CCCC1. The van der Waals surface area contributed by atoms with E-state index in [9.17, 15) is 22.8 Å². The molecule has 0 spiro atoms. The molecule has 132 valence electrons. The number of benzene rings is 1. The predicted octanol–water partition coefficient (Wildman–Crippen LogP) is 3.95. The lowest BCUT2D eigenvalue weighted by atomic mass is 9.90. The van der Waals surface area contributed by atoms with Crippen LogP contribution in [0.25, 0.3) is 0 Å². The quantitative estimate of drug-likeness (QED) is 0.828. The number of rotatable bonds is 3. The molecular weight excluding hydrogens is 345 g/mol. The zero-order valence-corrected chi connectivity index (χ0v) is 14.1. The lowest BCUT2D eigenvalue weighted by Crippen LogP contribution is -2.46. The molecule has 0 radical (unpaired) electrons. The maximum atomic E-state index is 12.8. The molecule has 0 unspecified atom stereocenters. The third kappa shape index (κ3) is 3.83. The molecule has 0 atom stereocenters. The number of hydrogen-bond donors (Lipinski definition) is 1. The molecule has 1 aromatic carbocycles. The number of anilines is 1. The minimum atomic E-state index is -4.55. The Kier molecular flexibility index (Phi) is 5.13. The van der Waals surface area contributed by atoms with Crippen molar-refractivity contribution in [3.05, 3.63) is 28.8 Å². The topological polar surface area (TPSA) is 49.4 Å². The van der Waals surface area contributed by atoms with Crippen molar-refractivity contribution in [2.75, 3.05) is 18.4 Å². The molecule has 0 bridgehead atoms. The third-order valence-electron chi connectivity index (χ3n) is 4.04. The van der Waals surface area contributed by atoms with Gasteiger partial charge in [-0.15, -0.1) is 0 Å². The number of nitrogens with zero attached hydrogens (tertiary/aromatic N) is 1. The van der Waals surface area contributed by atoms with Gasteiger partial charge in [-0.05, 0) is 44.9 Å². The van der Waals surface area contributed by atoms with Crippen LogP contribution in [0.5, 0.6) is 0 Å². The number of carbonyl (C=O) groups excluding carboxylic acids is 2.